The molecule has 124 valence electrons. The highest BCUT2D eigenvalue weighted by Gasteiger charge is 2.16. The maximum absolute atomic E-state index is 11.9. The van der Waals surface area contributed by atoms with Gasteiger partial charge in [-0.25, -0.2) is 4.79 Å². The lowest BCUT2D eigenvalue weighted by Crippen LogP contribution is -2.45. The van der Waals surface area contributed by atoms with Crippen LogP contribution in [-0.2, 0) is 0 Å². The highest BCUT2D eigenvalue weighted by Crippen LogP contribution is 2.19. The van der Waals surface area contributed by atoms with Gasteiger partial charge >= 0.3 is 6.03 Å². The molecule has 2 atom stereocenters. The molecule has 2 amide bonds. The lowest BCUT2D eigenvalue weighted by Gasteiger charge is -2.20. The number of amides is 2. The van der Waals surface area contributed by atoms with E-state index in [1.165, 1.54) is 0 Å². The fourth-order valence-corrected chi connectivity index (χ4v) is 2.34. The molecule has 2 rings (SSSR count). The Morgan fingerprint density at radius 2 is 2.13 bits per heavy atom. The maximum atomic E-state index is 11.9. The second-order valence-electron chi connectivity index (χ2n) is 5.20. The van der Waals surface area contributed by atoms with Crippen LogP contribution in [0.2, 0.25) is 5.02 Å². The number of aliphatic hydroxyl groups excluding tert-OH is 1. The Morgan fingerprint density at radius 3 is 2.70 bits per heavy atom. The van der Waals surface area contributed by atoms with Crippen molar-refractivity contribution >= 4 is 17.6 Å². The molecule has 0 fully saturated rings. The van der Waals surface area contributed by atoms with E-state index in [9.17, 15) is 4.79 Å². The first-order valence-corrected chi connectivity index (χ1v) is 7.91. The summed E-state index contributed by atoms with van der Waals surface area (Å²) >= 11 is 5.93. The minimum Gasteiger partial charge on any atom is -0.394 e. The monoisotopic (exact) mass is 336 g/mol. The van der Waals surface area contributed by atoms with Gasteiger partial charge in [0.05, 0.1) is 18.7 Å². The topological polar surface area (TPSA) is 79.2 Å². The largest absolute Gasteiger partial charge is 0.394 e. The van der Waals surface area contributed by atoms with Crippen LogP contribution in [0.25, 0.3) is 0 Å². The highest BCUT2D eigenvalue weighted by molar-refractivity contribution is 6.30. The fourth-order valence-electron chi connectivity index (χ4n) is 2.22. The third-order valence-corrected chi connectivity index (χ3v) is 3.86. The second-order valence-corrected chi connectivity index (χ2v) is 5.63. The first-order valence-electron chi connectivity index (χ1n) is 7.53. The summed E-state index contributed by atoms with van der Waals surface area (Å²) in [5, 5.41) is 19.6. The van der Waals surface area contributed by atoms with E-state index < -0.39 is 0 Å². The zero-order valence-corrected chi connectivity index (χ0v) is 13.7. The molecule has 6 nitrogen and oxygen atoms in total. The predicted molar refractivity (Wildman–Crippen MR) is 89.5 cm³/mol. The molecule has 0 radical (unpaired) electrons. The summed E-state index contributed by atoms with van der Waals surface area (Å²) in [7, 11) is 0. The summed E-state index contributed by atoms with van der Waals surface area (Å²) < 4.78 is 1.78. The Labute approximate surface area is 140 Å². The summed E-state index contributed by atoms with van der Waals surface area (Å²) in [6.07, 6.45) is 4.22. The van der Waals surface area contributed by atoms with E-state index in [2.05, 4.69) is 15.7 Å². The molecule has 1 aromatic heterocycles. The van der Waals surface area contributed by atoms with Crippen molar-refractivity contribution in [1.29, 1.82) is 0 Å². The van der Waals surface area contributed by atoms with Gasteiger partial charge in [0, 0.05) is 24.0 Å². The van der Waals surface area contributed by atoms with Crippen LogP contribution in [0, 0.1) is 0 Å². The number of benzene rings is 1. The van der Waals surface area contributed by atoms with Crippen LogP contribution in [0.1, 0.15) is 24.9 Å². The summed E-state index contributed by atoms with van der Waals surface area (Å²) in [4.78, 5) is 11.9. The van der Waals surface area contributed by atoms with Gasteiger partial charge in [-0.05, 0) is 30.2 Å². The van der Waals surface area contributed by atoms with Gasteiger partial charge in [-0.1, -0.05) is 30.7 Å². The van der Waals surface area contributed by atoms with E-state index in [1.807, 2.05) is 43.5 Å². The van der Waals surface area contributed by atoms with Crippen molar-refractivity contribution in [1.82, 2.24) is 20.4 Å². The molecule has 1 heterocycles. The van der Waals surface area contributed by atoms with E-state index in [0.717, 1.165) is 5.56 Å². The Balaban J connectivity index is 2.04. The second kappa shape index (κ2) is 8.55. The van der Waals surface area contributed by atoms with E-state index in [4.69, 9.17) is 16.7 Å². The van der Waals surface area contributed by atoms with Crippen molar-refractivity contribution in [2.24, 2.45) is 0 Å². The molecule has 3 N–H and O–H groups in total. The number of carbonyl (C=O) groups is 1. The lowest BCUT2D eigenvalue weighted by atomic mass is 10.1. The van der Waals surface area contributed by atoms with Gasteiger partial charge in [0.25, 0.3) is 0 Å². The third-order valence-electron chi connectivity index (χ3n) is 3.60. The number of rotatable bonds is 7. The van der Waals surface area contributed by atoms with Crippen molar-refractivity contribution in [2.45, 2.75) is 25.4 Å². The Bertz CT molecular complexity index is 597. The Kier molecular flexibility index (Phi) is 6.43. The summed E-state index contributed by atoms with van der Waals surface area (Å²) in [6, 6.07) is 8.60. The van der Waals surface area contributed by atoms with E-state index in [1.54, 1.807) is 10.9 Å². The number of halogens is 1. The molecule has 0 saturated heterocycles. The van der Waals surface area contributed by atoms with Crippen LogP contribution in [0.3, 0.4) is 0 Å². The van der Waals surface area contributed by atoms with Gasteiger partial charge in [-0.2, -0.15) is 5.10 Å². The standard InChI is InChI=1S/C16H21ClN4O2/c1-2-14(11-22)20-16(23)18-10-15(21-9-3-8-19-21)12-4-6-13(17)7-5-12/h3-9,14-15,22H,2,10-11H2,1H3,(H2,18,20,23)/t14-,15-/m0/s1. The Morgan fingerprint density at radius 1 is 1.39 bits per heavy atom. The number of nitrogens with zero attached hydrogens (tertiary/aromatic N) is 2. The van der Waals surface area contributed by atoms with Crippen molar-refractivity contribution in [3.05, 3.63) is 53.3 Å². The first-order chi connectivity index (χ1) is 11.1. The van der Waals surface area contributed by atoms with Gasteiger partial charge in [-0.3, -0.25) is 4.68 Å². The van der Waals surface area contributed by atoms with Gasteiger partial charge < -0.3 is 15.7 Å². The smallest absolute Gasteiger partial charge is 0.315 e. The molecule has 0 saturated carbocycles. The molecule has 0 unspecified atom stereocenters. The molecule has 2 aromatic rings. The van der Waals surface area contributed by atoms with Crippen LogP contribution in [-0.4, -0.2) is 40.1 Å². The lowest BCUT2D eigenvalue weighted by molar-refractivity contribution is 0.213. The molecule has 0 aliphatic rings. The van der Waals surface area contributed by atoms with Crippen molar-refractivity contribution in [3.63, 3.8) is 0 Å². The number of nitrogens with one attached hydrogen (secondary N) is 2. The van der Waals surface area contributed by atoms with Crippen molar-refractivity contribution < 1.29 is 9.90 Å². The Hall–Kier alpha value is -2.05. The minimum atomic E-state index is -0.308. The van der Waals surface area contributed by atoms with E-state index >= 15 is 0 Å². The zero-order valence-electron chi connectivity index (χ0n) is 12.9. The van der Waals surface area contributed by atoms with Crippen LogP contribution >= 0.6 is 11.6 Å². The van der Waals surface area contributed by atoms with Crippen molar-refractivity contribution in [2.75, 3.05) is 13.2 Å². The molecule has 7 heteroatoms. The molecular formula is C16H21ClN4O2. The number of hydrogen-bond donors (Lipinski definition) is 3. The van der Waals surface area contributed by atoms with E-state index in [-0.39, 0.29) is 24.7 Å². The number of carbonyl (C=O) groups excluding carboxylic acids is 1. The SMILES string of the molecule is CC[C@@H](CO)NC(=O)NC[C@@H](c1ccc(Cl)cc1)n1cccn1. The highest BCUT2D eigenvalue weighted by atomic mass is 35.5. The third kappa shape index (κ3) is 4.97. The molecule has 23 heavy (non-hydrogen) atoms. The van der Waals surface area contributed by atoms with Crippen LogP contribution in [0.15, 0.2) is 42.7 Å². The number of aromatic nitrogens is 2. The van der Waals surface area contributed by atoms with Gasteiger partial charge in [-0.15, -0.1) is 0 Å². The minimum absolute atomic E-state index is 0.0797. The van der Waals surface area contributed by atoms with Crippen LogP contribution in [0.4, 0.5) is 4.79 Å². The normalized spacial score (nSPS) is 13.3. The van der Waals surface area contributed by atoms with Crippen molar-refractivity contribution in [3.8, 4) is 0 Å². The van der Waals surface area contributed by atoms with Crippen LogP contribution in [0.5, 0.6) is 0 Å². The quantitative estimate of drug-likeness (QED) is 0.725. The fraction of sp³-hybridized carbons (Fsp3) is 0.375. The summed E-state index contributed by atoms with van der Waals surface area (Å²) in [6.45, 7) is 2.20. The van der Waals surface area contributed by atoms with Gasteiger partial charge in [0.1, 0.15) is 0 Å². The maximum Gasteiger partial charge on any atom is 0.315 e. The molecular weight excluding hydrogens is 316 g/mol. The molecule has 0 aliphatic carbocycles. The molecule has 0 bridgehead atoms. The predicted octanol–water partition coefficient (Wildman–Crippen LogP) is 2.20. The molecule has 0 aliphatic heterocycles. The number of aliphatic hydroxyl groups is 1. The summed E-state index contributed by atoms with van der Waals surface area (Å²) in [5.41, 5.74) is 0.993. The number of urea groups is 1. The average molecular weight is 337 g/mol. The molecule has 0 spiro atoms. The van der Waals surface area contributed by atoms with Gasteiger partial charge in [0.15, 0.2) is 0 Å². The number of hydrogen-bond acceptors (Lipinski definition) is 3. The summed E-state index contributed by atoms with van der Waals surface area (Å²) in [5.74, 6) is 0. The zero-order chi connectivity index (χ0) is 16.7. The van der Waals surface area contributed by atoms with Gasteiger partial charge in [0.2, 0.25) is 0 Å². The van der Waals surface area contributed by atoms with Crippen LogP contribution < -0.4 is 10.6 Å². The van der Waals surface area contributed by atoms with E-state index in [0.29, 0.717) is 18.0 Å². The molecule has 1 aromatic carbocycles. The average Bonchev–Trinajstić information content (AvgIpc) is 3.08. The first kappa shape index (κ1) is 17.3.